The van der Waals surface area contributed by atoms with E-state index in [2.05, 4.69) is 10.6 Å². The van der Waals surface area contributed by atoms with Gasteiger partial charge in [0.25, 0.3) is 0 Å². The van der Waals surface area contributed by atoms with Gasteiger partial charge in [-0.2, -0.15) is 11.8 Å². The third-order valence-corrected chi connectivity index (χ3v) is 4.93. The van der Waals surface area contributed by atoms with Gasteiger partial charge in [0.05, 0.1) is 0 Å². The van der Waals surface area contributed by atoms with E-state index in [4.69, 9.17) is 4.74 Å². The Balaban J connectivity index is 1.50. The van der Waals surface area contributed by atoms with Gasteiger partial charge in [-0.25, -0.2) is 0 Å². The molecule has 0 spiro atoms. The fourth-order valence-electron chi connectivity index (χ4n) is 2.59. The Labute approximate surface area is 147 Å². The number of carbonyl (C=O) groups is 1. The van der Waals surface area contributed by atoms with Crippen LogP contribution in [0.25, 0.3) is 0 Å². The minimum Gasteiger partial charge on any atom is -0.457 e. The zero-order valence-corrected chi connectivity index (χ0v) is 14.4. The Hall–Kier alpha value is -1.98. The topological polar surface area (TPSA) is 50.4 Å². The second-order valence-corrected chi connectivity index (χ2v) is 6.92. The van der Waals surface area contributed by atoms with Gasteiger partial charge in [-0.3, -0.25) is 4.79 Å². The predicted octanol–water partition coefficient (Wildman–Crippen LogP) is 3.19. The first-order valence-corrected chi connectivity index (χ1v) is 9.35. The average Bonchev–Trinajstić information content (AvgIpc) is 2.62. The summed E-state index contributed by atoms with van der Waals surface area (Å²) in [6, 6.07) is 17.8. The summed E-state index contributed by atoms with van der Waals surface area (Å²) in [5.41, 5.74) is 1.03. The minimum atomic E-state index is 0.0874. The predicted molar refractivity (Wildman–Crippen MR) is 98.5 cm³/mol. The van der Waals surface area contributed by atoms with Crippen LogP contribution in [-0.4, -0.2) is 30.0 Å². The molecular formula is C19H22N2O2S. The molecule has 1 unspecified atom stereocenters. The van der Waals surface area contributed by atoms with Crippen LogP contribution in [-0.2, 0) is 11.3 Å². The van der Waals surface area contributed by atoms with Crippen molar-refractivity contribution in [3.05, 3.63) is 60.2 Å². The van der Waals surface area contributed by atoms with Crippen molar-refractivity contribution < 1.29 is 9.53 Å². The molecule has 2 aromatic carbocycles. The number of thioether (sulfide) groups is 1. The van der Waals surface area contributed by atoms with Gasteiger partial charge in [0.2, 0.25) is 5.91 Å². The van der Waals surface area contributed by atoms with E-state index in [9.17, 15) is 4.79 Å². The summed E-state index contributed by atoms with van der Waals surface area (Å²) in [4.78, 5) is 12.1. The summed E-state index contributed by atoms with van der Waals surface area (Å²) in [5, 5.41) is 6.38. The van der Waals surface area contributed by atoms with Crippen molar-refractivity contribution in [3.63, 3.8) is 0 Å². The molecular weight excluding hydrogens is 320 g/mol. The average molecular weight is 342 g/mol. The van der Waals surface area contributed by atoms with Crippen LogP contribution in [0.3, 0.4) is 0 Å². The Morgan fingerprint density at radius 2 is 2.00 bits per heavy atom. The molecule has 1 saturated heterocycles. The molecule has 1 aliphatic rings. The number of para-hydroxylation sites is 1. The van der Waals surface area contributed by atoms with Crippen molar-refractivity contribution in [2.24, 2.45) is 0 Å². The van der Waals surface area contributed by atoms with E-state index in [0.717, 1.165) is 35.1 Å². The molecule has 3 rings (SSSR count). The fourth-order valence-corrected chi connectivity index (χ4v) is 3.54. The summed E-state index contributed by atoms with van der Waals surface area (Å²) >= 11 is 1.90. The Bertz CT molecular complexity index is 657. The van der Waals surface area contributed by atoms with Gasteiger partial charge in [0, 0.05) is 37.1 Å². The van der Waals surface area contributed by atoms with Crippen LogP contribution in [0.2, 0.25) is 0 Å². The molecule has 0 aliphatic carbocycles. The van der Waals surface area contributed by atoms with Crippen LogP contribution in [0, 0.1) is 0 Å². The molecule has 0 saturated carbocycles. The molecule has 1 fully saturated rings. The van der Waals surface area contributed by atoms with Crippen molar-refractivity contribution in [3.8, 4) is 11.5 Å². The lowest BCUT2D eigenvalue weighted by Crippen LogP contribution is -2.41. The number of ether oxygens (including phenoxy) is 1. The lowest BCUT2D eigenvalue weighted by atomic mass is 10.2. The van der Waals surface area contributed by atoms with Crippen molar-refractivity contribution in [2.75, 3.05) is 18.1 Å². The van der Waals surface area contributed by atoms with E-state index >= 15 is 0 Å². The molecule has 4 nitrogen and oxygen atoms in total. The number of nitrogens with one attached hydrogen (secondary N) is 2. The number of hydrogen-bond acceptors (Lipinski definition) is 4. The zero-order chi connectivity index (χ0) is 16.6. The molecule has 1 aliphatic heterocycles. The second-order valence-electron chi connectivity index (χ2n) is 5.77. The summed E-state index contributed by atoms with van der Waals surface area (Å²) in [6.45, 7) is 1.51. The quantitative estimate of drug-likeness (QED) is 0.846. The summed E-state index contributed by atoms with van der Waals surface area (Å²) < 4.78 is 5.82. The first-order chi connectivity index (χ1) is 11.8. The van der Waals surface area contributed by atoms with E-state index in [1.165, 1.54) is 0 Å². The van der Waals surface area contributed by atoms with Gasteiger partial charge in [-0.1, -0.05) is 30.3 Å². The standard InChI is InChI=1S/C19H22N2O2S/c22-19(12-16-14-24-10-9-20-16)21-13-15-5-4-8-18(11-15)23-17-6-2-1-3-7-17/h1-8,11,16,20H,9-10,12-14H2,(H,21,22). The summed E-state index contributed by atoms with van der Waals surface area (Å²) in [5.74, 6) is 3.81. The van der Waals surface area contributed by atoms with Crippen molar-refractivity contribution in [2.45, 2.75) is 19.0 Å². The number of rotatable bonds is 6. The van der Waals surface area contributed by atoms with Crippen LogP contribution in [0.1, 0.15) is 12.0 Å². The second kappa shape index (κ2) is 8.76. The summed E-state index contributed by atoms with van der Waals surface area (Å²) in [7, 11) is 0. The largest absolute Gasteiger partial charge is 0.457 e. The molecule has 0 bridgehead atoms. The first-order valence-electron chi connectivity index (χ1n) is 8.19. The monoisotopic (exact) mass is 342 g/mol. The maximum atomic E-state index is 12.1. The first kappa shape index (κ1) is 16.9. The van der Waals surface area contributed by atoms with Gasteiger partial charge >= 0.3 is 0 Å². The van der Waals surface area contributed by atoms with Crippen molar-refractivity contribution in [1.82, 2.24) is 10.6 Å². The molecule has 2 aromatic rings. The molecule has 5 heteroatoms. The van der Waals surface area contributed by atoms with Crippen molar-refractivity contribution >= 4 is 17.7 Å². The van der Waals surface area contributed by atoms with E-state index in [1.54, 1.807) is 0 Å². The molecule has 1 atom stereocenters. The third kappa shape index (κ3) is 5.28. The maximum Gasteiger partial charge on any atom is 0.221 e. The molecule has 0 radical (unpaired) electrons. The van der Waals surface area contributed by atoms with E-state index in [-0.39, 0.29) is 11.9 Å². The minimum absolute atomic E-state index is 0.0874. The fraction of sp³-hybridized carbons (Fsp3) is 0.316. The highest BCUT2D eigenvalue weighted by molar-refractivity contribution is 7.99. The lowest BCUT2D eigenvalue weighted by molar-refractivity contribution is -0.121. The van der Waals surface area contributed by atoms with Gasteiger partial charge in [0.15, 0.2) is 0 Å². The molecule has 0 aromatic heterocycles. The Morgan fingerprint density at radius 3 is 2.79 bits per heavy atom. The van der Waals surface area contributed by atoms with Crippen LogP contribution in [0.15, 0.2) is 54.6 Å². The number of hydrogen-bond donors (Lipinski definition) is 2. The van der Waals surface area contributed by atoms with Crippen LogP contribution >= 0.6 is 11.8 Å². The molecule has 2 N–H and O–H groups in total. The highest BCUT2D eigenvalue weighted by atomic mass is 32.2. The normalized spacial score (nSPS) is 17.2. The van der Waals surface area contributed by atoms with E-state index in [1.807, 2.05) is 66.4 Å². The number of amides is 1. The number of benzene rings is 2. The van der Waals surface area contributed by atoms with Crippen LogP contribution in [0.4, 0.5) is 0 Å². The van der Waals surface area contributed by atoms with Crippen LogP contribution < -0.4 is 15.4 Å². The van der Waals surface area contributed by atoms with Crippen molar-refractivity contribution in [1.29, 1.82) is 0 Å². The number of carbonyl (C=O) groups excluding carboxylic acids is 1. The molecule has 126 valence electrons. The van der Waals surface area contributed by atoms with Gasteiger partial charge < -0.3 is 15.4 Å². The van der Waals surface area contributed by atoms with E-state index < -0.39 is 0 Å². The lowest BCUT2D eigenvalue weighted by Gasteiger charge is -2.22. The van der Waals surface area contributed by atoms with Gasteiger partial charge in [-0.15, -0.1) is 0 Å². The van der Waals surface area contributed by atoms with Gasteiger partial charge in [0.1, 0.15) is 11.5 Å². The molecule has 24 heavy (non-hydrogen) atoms. The Kier molecular flexibility index (Phi) is 6.15. The third-order valence-electron chi connectivity index (χ3n) is 3.80. The van der Waals surface area contributed by atoms with Crippen LogP contribution in [0.5, 0.6) is 11.5 Å². The Morgan fingerprint density at radius 1 is 1.17 bits per heavy atom. The highest BCUT2D eigenvalue weighted by Gasteiger charge is 2.16. The van der Waals surface area contributed by atoms with Gasteiger partial charge in [-0.05, 0) is 29.8 Å². The smallest absolute Gasteiger partial charge is 0.221 e. The SMILES string of the molecule is O=C(CC1CSCCN1)NCc1cccc(Oc2ccccc2)c1. The zero-order valence-electron chi connectivity index (χ0n) is 13.5. The molecule has 1 amide bonds. The highest BCUT2D eigenvalue weighted by Crippen LogP contribution is 2.21. The van der Waals surface area contributed by atoms with E-state index in [0.29, 0.717) is 13.0 Å². The molecule has 1 heterocycles. The maximum absolute atomic E-state index is 12.1. The summed E-state index contributed by atoms with van der Waals surface area (Å²) in [6.07, 6.45) is 0.535.